The fraction of sp³-hybridized carbons (Fsp3) is 0.471. The van der Waals surface area contributed by atoms with Gasteiger partial charge in [0.2, 0.25) is 0 Å². The van der Waals surface area contributed by atoms with E-state index in [1.165, 1.54) is 12.1 Å². The number of benzene rings is 1. The van der Waals surface area contributed by atoms with Crippen LogP contribution in [0.2, 0.25) is 0 Å². The number of nitro benzene ring substituents is 1. The van der Waals surface area contributed by atoms with Crippen LogP contribution in [0.25, 0.3) is 0 Å². The second-order valence-electron chi connectivity index (χ2n) is 6.14. The van der Waals surface area contributed by atoms with E-state index >= 15 is 0 Å². The van der Waals surface area contributed by atoms with Crippen molar-refractivity contribution in [3.63, 3.8) is 0 Å². The molecule has 0 aromatic heterocycles. The van der Waals surface area contributed by atoms with Crippen molar-refractivity contribution in [3.8, 4) is 0 Å². The number of rotatable bonds is 7. The van der Waals surface area contributed by atoms with Crippen LogP contribution >= 0.6 is 0 Å². The van der Waals surface area contributed by atoms with Gasteiger partial charge in [-0.1, -0.05) is 12.5 Å². The Bertz CT molecular complexity index is 581. The predicted octanol–water partition coefficient (Wildman–Crippen LogP) is 2.85. The van der Waals surface area contributed by atoms with Gasteiger partial charge in [-0.25, -0.2) is 0 Å². The molecule has 1 aliphatic rings. The predicted molar refractivity (Wildman–Crippen MR) is 90.5 cm³/mol. The zero-order chi connectivity index (χ0) is 16.8. The van der Waals surface area contributed by atoms with Crippen LogP contribution < -0.4 is 4.90 Å². The molecule has 0 saturated carbocycles. The lowest BCUT2D eigenvalue weighted by Gasteiger charge is -2.29. The third-order valence-electron chi connectivity index (χ3n) is 4.00. The minimum Gasteiger partial charge on any atom is -0.309 e. The Balaban J connectivity index is 1.95. The van der Waals surface area contributed by atoms with Crippen LogP contribution in [0, 0.1) is 16.0 Å². The smallest absolute Gasteiger partial charge is 0.269 e. The van der Waals surface area contributed by atoms with E-state index in [1.807, 2.05) is 6.08 Å². The molecule has 1 heterocycles. The third kappa shape index (κ3) is 4.89. The molecule has 1 aromatic rings. The summed E-state index contributed by atoms with van der Waals surface area (Å²) in [7, 11) is 4.13. The number of nitrogens with zero attached hydrogens (tertiary/aromatic N) is 3. The maximum atomic E-state index is 12.1. The molecule has 1 aromatic carbocycles. The number of anilines is 1. The third-order valence-corrected chi connectivity index (χ3v) is 4.00. The van der Waals surface area contributed by atoms with Crippen molar-refractivity contribution in [1.29, 1.82) is 0 Å². The summed E-state index contributed by atoms with van der Waals surface area (Å²) in [5, 5.41) is 10.7. The molecule has 23 heavy (non-hydrogen) atoms. The van der Waals surface area contributed by atoms with E-state index in [0.717, 1.165) is 25.8 Å². The number of hydrogen-bond acceptors (Lipinski definition) is 4. The molecule has 0 spiro atoms. The van der Waals surface area contributed by atoms with Crippen LogP contribution in [0.5, 0.6) is 0 Å². The second-order valence-corrected chi connectivity index (χ2v) is 6.14. The molecule has 2 rings (SSSR count). The van der Waals surface area contributed by atoms with Gasteiger partial charge in [0.05, 0.1) is 4.92 Å². The van der Waals surface area contributed by atoms with Crippen LogP contribution in [0.4, 0.5) is 11.4 Å². The molecule has 6 heteroatoms. The monoisotopic (exact) mass is 317 g/mol. The number of carbonyl (C=O) groups excluding carboxylic acids is 1. The summed E-state index contributed by atoms with van der Waals surface area (Å²) in [6, 6.07) is 6.15. The summed E-state index contributed by atoms with van der Waals surface area (Å²) in [5.41, 5.74) is 0.747. The Morgan fingerprint density at radius 1 is 1.26 bits per heavy atom. The highest BCUT2D eigenvalue weighted by molar-refractivity contribution is 6.02. The number of carbonyl (C=O) groups is 1. The molecule has 1 aliphatic heterocycles. The van der Waals surface area contributed by atoms with E-state index in [0.29, 0.717) is 18.2 Å². The molecule has 124 valence electrons. The summed E-state index contributed by atoms with van der Waals surface area (Å²) < 4.78 is 0. The SMILES string of the molecule is CN(C)CCCCC1C=CC(=O)N(c2ccc([N+](=O)[O-])cc2)C1. The van der Waals surface area contributed by atoms with Crippen LogP contribution in [0.15, 0.2) is 36.4 Å². The summed E-state index contributed by atoms with van der Waals surface area (Å²) in [5.74, 6) is 0.272. The van der Waals surface area contributed by atoms with Crippen molar-refractivity contribution in [2.75, 3.05) is 32.1 Å². The topological polar surface area (TPSA) is 66.7 Å². The summed E-state index contributed by atoms with van der Waals surface area (Å²) in [6.07, 6.45) is 6.90. The Morgan fingerprint density at radius 2 is 1.96 bits per heavy atom. The van der Waals surface area contributed by atoms with Crippen molar-refractivity contribution >= 4 is 17.3 Å². The van der Waals surface area contributed by atoms with E-state index in [1.54, 1.807) is 23.1 Å². The Hall–Kier alpha value is -2.21. The molecule has 1 unspecified atom stereocenters. The normalized spacial score (nSPS) is 17.8. The number of amides is 1. The van der Waals surface area contributed by atoms with Gasteiger partial charge in [0.25, 0.3) is 11.6 Å². The van der Waals surface area contributed by atoms with Gasteiger partial charge >= 0.3 is 0 Å². The fourth-order valence-corrected chi connectivity index (χ4v) is 2.70. The van der Waals surface area contributed by atoms with Crippen molar-refractivity contribution in [2.24, 2.45) is 5.92 Å². The number of hydrogen-bond donors (Lipinski definition) is 0. The first kappa shape index (κ1) is 17.1. The van der Waals surface area contributed by atoms with Gasteiger partial charge in [0.1, 0.15) is 0 Å². The van der Waals surface area contributed by atoms with Crippen LogP contribution in [0.1, 0.15) is 19.3 Å². The molecule has 0 aliphatic carbocycles. The maximum absolute atomic E-state index is 12.1. The number of unbranched alkanes of at least 4 members (excludes halogenated alkanes) is 1. The highest BCUT2D eigenvalue weighted by atomic mass is 16.6. The molecule has 0 saturated heterocycles. The van der Waals surface area contributed by atoms with Gasteiger partial charge < -0.3 is 9.80 Å². The lowest BCUT2D eigenvalue weighted by Crippen LogP contribution is -2.37. The lowest BCUT2D eigenvalue weighted by molar-refractivity contribution is -0.384. The van der Waals surface area contributed by atoms with Crippen molar-refractivity contribution in [1.82, 2.24) is 4.90 Å². The average Bonchev–Trinajstić information content (AvgIpc) is 2.53. The summed E-state index contributed by atoms with van der Waals surface area (Å²) in [6.45, 7) is 1.70. The van der Waals surface area contributed by atoms with Gasteiger partial charge in [0.15, 0.2) is 0 Å². The van der Waals surface area contributed by atoms with Crippen molar-refractivity contribution < 1.29 is 9.72 Å². The minimum atomic E-state index is -0.435. The maximum Gasteiger partial charge on any atom is 0.269 e. The molecule has 1 atom stereocenters. The van der Waals surface area contributed by atoms with Crippen molar-refractivity contribution in [3.05, 3.63) is 46.5 Å². The van der Waals surface area contributed by atoms with Gasteiger partial charge in [-0.3, -0.25) is 14.9 Å². The molecule has 0 fully saturated rings. The molecule has 1 amide bonds. The van der Waals surface area contributed by atoms with E-state index < -0.39 is 4.92 Å². The molecule has 0 radical (unpaired) electrons. The standard InChI is InChI=1S/C17H23N3O3/c1-18(2)12-4-3-5-14-6-11-17(21)19(13-14)15-7-9-16(10-8-15)20(22)23/h6-11,14H,3-5,12-13H2,1-2H3. The van der Waals surface area contributed by atoms with Crippen LogP contribution in [-0.2, 0) is 4.79 Å². The molecular formula is C17H23N3O3. The van der Waals surface area contributed by atoms with Crippen LogP contribution in [0.3, 0.4) is 0 Å². The minimum absolute atomic E-state index is 0.0361. The molecule has 0 bridgehead atoms. The first-order chi connectivity index (χ1) is 11.0. The Morgan fingerprint density at radius 3 is 2.57 bits per heavy atom. The Kier molecular flexibility index (Phi) is 5.87. The zero-order valence-electron chi connectivity index (χ0n) is 13.6. The highest BCUT2D eigenvalue weighted by Crippen LogP contribution is 2.25. The first-order valence-corrected chi connectivity index (χ1v) is 7.86. The largest absolute Gasteiger partial charge is 0.309 e. The van der Waals surface area contributed by atoms with Gasteiger partial charge in [-0.15, -0.1) is 0 Å². The lowest BCUT2D eigenvalue weighted by atomic mass is 9.97. The van der Waals surface area contributed by atoms with Gasteiger partial charge in [0, 0.05) is 24.4 Å². The quantitative estimate of drug-likeness (QED) is 0.440. The fourth-order valence-electron chi connectivity index (χ4n) is 2.70. The average molecular weight is 317 g/mol. The van der Waals surface area contributed by atoms with E-state index in [9.17, 15) is 14.9 Å². The van der Waals surface area contributed by atoms with Crippen LogP contribution in [-0.4, -0.2) is 42.9 Å². The second kappa shape index (κ2) is 7.87. The number of nitro groups is 1. The Labute approximate surface area is 136 Å². The van der Waals surface area contributed by atoms with E-state index in [-0.39, 0.29) is 11.6 Å². The van der Waals surface area contributed by atoms with Crippen molar-refractivity contribution in [2.45, 2.75) is 19.3 Å². The summed E-state index contributed by atoms with van der Waals surface area (Å²) >= 11 is 0. The highest BCUT2D eigenvalue weighted by Gasteiger charge is 2.22. The van der Waals surface area contributed by atoms with E-state index in [2.05, 4.69) is 19.0 Å². The van der Waals surface area contributed by atoms with Gasteiger partial charge in [-0.05, 0) is 57.6 Å². The summed E-state index contributed by atoms with van der Waals surface area (Å²) in [4.78, 5) is 26.2. The van der Waals surface area contributed by atoms with E-state index in [4.69, 9.17) is 0 Å². The number of non-ortho nitro benzene ring substituents is 1. The van der Waals surface area contributed by atoms with Gasteiger partial charge in [-0.2, -0.15) is 0 Å². The molecule has 6 nitrogen and oxygen atoms in total. The first-order valence-electron chi connectivity index (χ1n) is 7.86. The zero-order valence-corrected chi connectivity index (χ0v) is 13.6. The molecule has 0 N–H and O–H groups in total. The molecular weight excluding hydrogens is 294 g/mol.